The van der Waals surface area contributed by atoms with Crippen LogP contribution in [0.1, 0.15) is 34.0 Å². The summed E-state index contributed by atoms with van der Waals surface area (Å²) in [6.07, 6.45) is -5.31. The summed E-state index contributed by atoms with van der Waals surface area (Å²) in [5.74, 6) is 0. The van der Waals surface area contributed by atoms with Crippen molar-refractivity contribution in [1.82, 2.24) is 4.31 Å². The number of hydrogen-bond donors (Lipinski definition) is 1. The minimum Gasteiger partial charge on any atom is -0.364 e. The molecule has 0 saturated carbocycles. The van der Waals surface area contributed by atoms with Gasteiger partial charge in [-0.25, -0.2) is 8.42 Å². The first-order valence-electron chi connectivity index (χ1n) is 9.68. The van der Waals surface area contributed by atoms with Crippen molar-refractivity contribution in [3.8, 4) is 0 Å². The average Bonchev–Trinajstić information content (AvgIpc) is 2.72. The summed E-state index contributed by atoms with van der Waals surface area (Å²) in [4.78, 5) is 0.142. The van der Waals surface area contributed by atoms with Crippen molar-refractivity contribution in [3.05, 3.63) is 94.5 Å². The second-order valence-electron chi connectivity index (χ2n) is 7.64. The van der Waals surface area contributed by atoms with Crippen LogP contribution in [0.2, 0.25) is 0 Å². The highest BCUT2D eigenvalue weighted by molar-refractivity contribution is 7.89. The van der Waals surface area contributed by atoms with Gasteiger partial charge in [-0.2, -0.15) is 17.5 Å². The van der Waals surface area contributed by atoms with Crippen molar-refractivity contribution in [2.24, 2.45) is 0 Å². The molecule has 0 fully saturated rings. The quantitative estimate of drug-likeness (QED) is 0.567. The Balaban J connectivity index is 1.82. The Morgan fingerprint density at radius 2 is 1.65 bits per heavy atom. The molecule has 31 heavy (non-hydrogen) atoms. The summed E-state index contributed by atoms with van der Waals surface area (Å²) in [6.45, 7) is 3.91. The van der Waals surface area contributed by atoms with E-state index in [-0.39, 0.29) is 11.4 Å². The zero-order valence-electron chi connectivity index (χ0n) is 16.9. The number of anilines is 1. The second-order valence-corrected chi connectivity index (χ2v) is 9.50. The molecule has 0 unspecified atom stereocenters. The smallest absolute Gasteiger partial charge is 0.364 e. The minimum absolute atomic E-state index is 0.0862. The van der Waals surface area contributed by atoms with E-state index in [2.05, 4.69) is 5.32 Å². The van der Waals surface area contributed by atoms with Gasteiger partial charge in [0.2, 0.25) is 10.0 Å². The third-order valence-corrected chi connectivity index (χ3v) is 7.31. The van der Waals surface area contributed by atoms with Gasteiger partial charge >= 0.3 is 6.18 Å². The van der Waals surface area contributed by atoms with Crippen LogP contribution >= 0.6 is 0 Å². The van der Waals surface area contributed by atoms with E-state index in [1.807, 2.05) is 32.0 Å². The number of halogens is 3. The Labute approximate surface area is 179 Å². The number of aryl methyl sites for hydroxylation is 2. The van der Waals surface area contributed by atoms with Crippen LogP contribution in [0.3, 0.4) is 0 Å². The summed E-state index contributed by atoms with van der Waals surface area (Å²) in [7, 11) is -3.90. The molecule has 3 aromatic carbocycles. The first-order valence-corrected chi connectivity index (χ1v) is 11.1. The van der Waals surface area contributed by atoms with Gasteiger partial charge in [0.15, 0.2) is 0 Å². The highest BCUT2D eigenvalue weighted by atomic mass is 32.2. The molecule has 1 atom stereocenters. The molecule has 0 aliphatic carbocycles. The Bertz CT molecular complexity index is 1220. The number of benzene rings is 3. The summed E-state index contributed by atoms with van der Waals surface area (Å²) in [5.41, 5.74) is 2.83. The minimum atomic E-state index is -4.46. The van der Waals surface area contributed by atoms with E-state index in [1.165, 1.54) is 22.5 Å². The van der Waals surface area contributed by atoms with Crippen molar-refractivity contribution in [3.63, 3.8) is 0 Å². The SMILES string of the molecule is Cc1ccc(C)c(CN2[C@H](c3ccc(C(F)(F)F)cc3)Nc3ccccc3S2(=O)=O)c1. The molecule has 0 saturated heterocycles. The lowest BCUT2D eigenvalue weighted by Gasteiger charge is -2.37. The lowest BCUT2D eigenvalue weighted by molar-refractivity contribution is -0.137. The third kappa shape index (κ3) is 4.05. The van der Waals surface area contributed by atoms with Crippen molar-refractivity contribution in [1.29, 1.82) is 0 Å². The molecule has 1 aliphatic rings. The molecule has 0 bridgehead atoms. The van der Waals surface area contributed by atoms with E-state index in [9.17, 15) is 21.6 Å². The maximum Gasteiger partial charge on any atom is 0.416 e. The maximum absolute atomic E-state index is 13.5. The number of nitrogens with one attached hydrogen (secondary N) is 1. The van der Waals surface area contributed by atoms with Crippen LogP contribution in [0, 0.1) is 13.8 Å². The fourth-order valence-corrected chi connectivity index (χ4v) is 5.38. The topological polar surface area (TPSA) is 49.4 Å². The van der Waals surface area contributed by atoms with E-state index >= 15 is 0 Å². The van der Waals surface area contributed by atoms with Crippen molar-refractivity contribution in [2.45, 2.75) is 37.6 Å². The van der Waals surface area contributed by atoms with Gasteiger partial charge in [-0.3, -0.25) is 0 Å². The fraction of sp³-hybridized carbons (Fsp3) is 0.217. The zero-order chi connectivity index (χ0) is 22.4. The monoisotopic (exact) mass is 446 g/mol. The molecule has 8 heteroatoms. The van der Waals surface area contributed by atoms with Gasteiger partial charge in [0.25, 0.3) is 0 Å². The number of fused-ring (bicyclic) bond motifs is 1. The average molecular weight is 446 g/mol. The van der Waals surface area contributed by atoms with Gasteiger partial charge in [0, 0.05) is 6.54 Å². The van der Waals surface area contributed by atoms with Crippen LogP contribution in [0.15, 0.2) is 71.6 Å². The van der Waals surface area contributed by atoms with Gasteiger partial charge in [0.1, 0.15) is 11.1 Å². The second kappa shape index (κ2) is 7.69. The largest absolute Gasteiger partial charge is 0.416 e. The maximum atomic E-state index is 13.5. The van der Waals surface area contributed by atoms with E-state index in [0.29, 0.717) is 11.3 Å². The Kier molecular flexibility index (Phi) is 5.31. The predicted octanol–water partition coefficient (Wildman–Crippen LogP) is 5.64. The molecule has 0 radical (unpaired) electrons. The summed E-state index contributed by atoms with van der Waals surface area (Å²) in [6, 6.07) is 16.9. The van der Waals surface area contributed by atoms with Gasteiger partial charge in [-0.15, -0.1) is 0 Å². The van der Waals surface area contributed by atoms with Gasteiger partial charge < -0.3 is 5.32 Å². The van der Waals surface area contributed by atoms with Crippen molar-refractivity contribution < 1.29 is 21.6 Å². The number of para-hydroxylation sites is 1. The van der Waals surface area contributed by atoms with E-state index in [0.717, 1.165) is 28.8 Å². The number of sulfonamides is 1. The lowest BCUT2D eigenvalue weighted by Crippen LogP contribution is -2.42. The first-order chi connectivity index (χ1) is 14.6. The number of hydrogen-bond acceptors (Lipinski definition) is 3. The van der Waals surface area contributed by atoms with Crippen LogP contribution in [0.4, 0.5) is 18.9 Å². The van der Waals surface area contributed by atoms with E-state index in [4.69, 9.17) is 0 Å². The Hall–Kier alpha value is -2.84. The number of rotatable bonds is 3. The summed E-state index contributed by atoms with van der Waals surface area (Å²) in [5, 5.41) is 3.20. The van der Waals surface area contributed by atoms with E-state index < -0.39 is 27.9 Å². The molecule has 4 rings (SSSR count). The molecular formula is C23H21F3N2O2S. The van der Waals surface area contributed by atoms with Crippen LogP contribution in [0.5, 0.6) is 0 Å². The fourth-order valence-electron chi connectivity index (χ4n) is 3.71. The number of nitrogens with zero attached hydrogens (tertiary/aromatic N) is 1. The van der Waals surface area contributed by atoms with Crippen LogP contribution in [0.25, 0.3) is 0 Å². The molecule has 4 nitrogen and oxygen atoms in total. The van der Waals surface area contributed by atoms with E-state index in [1.54, 1.807) is 18.2 Å². The molecule has 162 valence electrons. The van der Waals surface area contributed by atoms with Crippen LogP contribution in [-0.4, -0.2) is 12.7 Å². The molecule has 3 aromatic rings. The Morgan fingerprint density at radius 3 is 2.32 bits per heavy atom. The third-order valence-electron chi connectivity index (χ3n) is 5.44. The number of alkyl halides is 3. The first kappa shape index (κ1) is 21.4. The Morgan fingerprint density at radius 1 is 0.968 bits per heavy atom. The van der Waals surface area contributed by atoms with Crippen molar-refractivity contribution in [2.75, 3.05) is 5.32 Å². The molecule has 0 amide bonds. The van der Waals surface area contributed by atoms with Gasteiger partial charge in [0.05, 0.1) is 11.3 Å². The van der Waals surface area contributed by atoms with Crippen LogP contribution < -0.4 is 5.32 Å². The molecule has 1 aliphatic heterocycles. The standard InChI is InChI=1S/C23H21F3N2O2S/c1-15-7-8-16(2)18(13-15)14-28-22(17-9-11-19(12-10-17)23(24,25)26)27-20-5-3-4-6-21(20)31(28,29)30/h3-13,22,27H,14H2,1-2H3/t22-/m1/s1. The van der Waals surface area contributed by atoms with Crippen molar-refractivity contribution >= 4 is 15.7 Å². The summed E-state index contributed by atoms with van der Waals surface area (Å²) < 4.78 is 67.4. The molecular weight excluding hydrogens is 425 g/mol. The molecule has 0 spiro atoms. The predicted molar refractivity (Wildman–Crippen MR) is 113 cm³/mol. The van der Waals surface area contributed by atoms with Crippen LogP contribution in [-0.2, 0) is 22.7 Å². The van der Waals surface area contributed by atoms with Gasteiger partial charge in [-0.05, 0) is 54.8 Å². The highest BCUT2D eigenvalue weighted by Crippen LogP contribution is 2.40. The zero-order valence-corrected chi connectivity index (χ0v) is 17.8. The normalized spacial score (nSPS) is 18.3. The highest BCUT2D eigenvalue weighted by Gasteiger charge is 2.39. The lowest BCUT2D eigenvalue weighted by atomic mass is 10.0. The molecule has 0 aromatic heterocycles. The molecule has 1 N–H and O–H groups in total. The summed E-state index contributed by atoms with van der Waals surface area (Å²) >= 11 is 0. The van der Waals surface area contributed by atoms with Gasteiger partial charge in [-0.1, -0.05) is 48.0 Å². The molecule has 1 heterocycles.